The molecule has 2 aromatic heterocycles. The average molecular weight is 330 g/mol. The maximum atomic E-state index is 12.3. The second-order valence-electron chi connectivity index (χ2n) is 6.49. The molecule has 2 aromatic rings. The van der Waals surface area contributed by atoms with Crippen molar-refractivity contribution in [3.05, 3.63) is 42.9 Å². The number of furan rings is 1. The normalized spacial score (nSPS) is 18.2. The van der Waals surface area contributed by atoms with Crippen molar-refractivity contribution in [2.24, 2.45) is 0 Å². The highest BCUT2D eigenvalue weighted by atomic mass is 16.3. The van der Waals surface area contributed by atoms with Crippen LogP contribution in [-0.4, -0.2) is 40.0 Å². The summed E-state index contributed by atoms with van der Waals surface area (Å²) in [6.07, 6.45) is 11.2. The van der Waals surface area contributed by atoms with E-state index in [0.29, 0.717) is 13.0 Å². The topological polar surface area (TPSA) is 63.3 Å². The quantitative estimate of drug-likeness (QED) is 0.848. The first kappa shape index (κ1) is 16.8. The van der Waals surface area contributed by atoms with Gasteiger partial charge in [-0.25, -0.2) is 4.98 Å². The van der Waals surface area contributed by atoms with Gasteiger partial charge in [-0.05, 0) is 45.0 Å². The lowest BCUT2D eigenvalue weighted by Gasteiger charge is -2.33. The van der Waals surface area contributed by atoms with Gasteiger partial charge in [-0.15, -0.1) is 0 Å². The molecule has 0 saturated carbocycles. The fourth-order valence-electron chi connectivity index (χ4n) is 3.31. The molecule has 1 aliphatic rings. The molecule has 0 radical (unpaired) electrons. The number of hydrogen-bond acceptors (Lipinski definition) is 4. The summed E-state index contributed by atoms with van der Waals surface area (Å²) >= 11 is 0. The first-order valence-electron chi connectivity index (χ1n) is 8.75. The summed E-state index contributed by atoms with van der Waals surface area (Å²) < 4.78 is 7.57. The Morgan fingerprint density at radius 1 is 1.38 bits per heavy atom. The number of nitrogens with one attached hydrogen (secondary N) is 1. The number of carbonyl (C=O) groups excluding carboxylic acids is 1. The summed E-state index contributed by atoms with van der Waals surface area (Å²) in [5.74, 6) is 0.990. The third-order valence-electron chi connectivity index (χ3n) is 4.71. The van der Waals surface area contributed by atoms with Gasteiger partial charge in [-0.3, -0.25) is 9.69 Å². The van der Waals surface area contributed by atoms with Crippen LogP contribution in [0, 0.1) is 0 Å². The van der Waals surface area contributed by atoms with E-state index in [9.17, 15) is 4.79 Å². The lowest BCUT2D eigenvalue weighted by atomic mass is 10.1. The number of rotatable bonds is 7. The molecule has 0 unspecified atom stereocenters. The summed E-state index contributed by atoms with van der Waals surface area (Å²) in [5, 5.41) is 3.09. The molecule has 1 N–H and O–H groups in total. The Hall–Kier alpha value is -2.08. The molecule has 0 aromatic carbocycles. The summed E-state index contributed by atoms with van der Waals surface area (Å²) in [6, 6.07) is 4.13. The summed E-state index contributed by atoms with van der Waals surface area (Å²) in [4.78, 5) is 18.8. The fraction of sp³-hybridized carbons (Fsp3) is 0.556. The Bertz CT molecular complexity index is 603. The number of aromatic nitrogens is 2. The summed E-state index contributed by atoms with van der Waals surface area (Å²) in [6.45, 7) is 4.73. The van der Waals surface area contributed by atoms with Gasteiger partial charge < -0.3 is 14.3 Å². The van der Waals surface area contributed by atoms with E-state index >= 15 is 0 Å². The molecule has 0 aliphatic carbocycles. The van der Waals surface area contributed by atoms with Crippen LogP contribution in [0.25, 0.3) is 0 Å². The van der Waals surface area contributed by atoms with Crippen molar-refractivity contribution in [2.45, 2.75) is 44.7 Å². The zero-order valence-electron chi connectivity index (χ0n) is 14.2. The van der Waals surface area contributed by atoms with E-state index in [4.69, 9.17) is 4.42 Å². The van der Waals surface area contributed by atoms with Crippen molar-refractivity contribution in [1.82, 2.24) is 19.8 Å². The number of carbonyl (C=O) groups is 1. The van der Waals surface area contributed by atoms with Gasteiger partial charge in [0.1, 0.15) is 5.76 Å². The van der Waals surface area contributed by atoms with Gasteiger partial charge in [-0.1, -0.05) is 6.42 Å². The Labute approximate surface area is 142 Å². The summed E-state index contributed by atoms with van der Waals surface area (Å²) in [7, 11) is 0. The zero-order chi connectivity index (χ0) is 16.8. The van der Waals surface area contributed by atoms with E-state index < -0.39 is 0 Å². The first-order valence-corrected chi connectivity index (χ1v) is 8.75. The SMILES string of the molecule is C[C@H](CC(=O)NC[C@H](c1ccco1)N1CCCCC1)n1ccnc1. The largest absolute Gasteiger partial charge is 0.468 e. The van der Waals surface area contributed by atoms with Crippen LogP contribution in [0.2, 0.25) is 0 Å². The second kappa shape index (κ2) is 8.15. The molecule has 1 aliphatic heterocycles. The van der Waals surface area contributed by atoms with Gasteiger partial charge in [0.05, 0.1) is 18.6 Å². The van der Waals surface area contributed by atoms with E-state index in [2.05, 4.69) is 15.2 Å². The standard InChI is InChI=1S/C18H26N4O2/c1-15(22-10-7-19-14-22)12-18(23)20-13-16(17-6-5-11-24-17)21-8-3-2-4-9-21/h5-7,10-11,14-16H,2-4,8-9,12-13H2,1H3,(H,20,23)/t15-,16-/m1/s1. The number of nitrogens with zero attached hydrogens (tertiary/aromatic N) is 3. The molecule has 1 fully saturated rings. The minimum absolute atomic E-state index is 0.0600. The van der Waals surface area contributed by atoms with Crippen molar-refractivity contribution in [3.8, 4) is 0 Å². The van der Waals surface area contributed by atoms with Crippen LogP contribution in [0.3, 0.4) is 0 Å². The molecule has 3 heterocycles. The molecule has 0 bridgehead atoms. The van der Waals surface area contributed by atoms with E-state index in [-0.39, 0.29) is 18.0 Å². The van der Waals surface area contributed by atoms with Gasteiger partial charge in [0, 0.05) is 31.4 Å². The summed E-state index contributed by atoms with van der Waals surface area (Å²) in [5.41, 5.74) is 0. The molecule has 24 heavy (non-hydrogen) atoms. The highest BCUT2D eigenvalue weighted by Crippen LogP contribution is 2.24. The zero-order valence-corrected chi connectivity index (χ0v) is 14.2. The van der Waals surface area contributed by atoms with Crippen molar-refractivity contribution in [2.75, 3.05) is 19.6 Å². The second-order valence-corrected chi connectivity index (χ2v) is 6.49. The monoisotopic (exact) mass is 330 g/mol. The van der Waals surface area contributed by atoms with Crippen LogP contribution < -0.4 is 5.32 Å². The molecular formula is C18H26N4O2. The van der Waals surface area contributed by atoms with Crippen molar-refractivity contribution < 1.29 is 9.21 Å². The van der Waals surface area contributed by atoms with Gasteiger partial charge in [0.25, 0.3) is 0 Å². The van der Waals surface area contributed by atoms with E-state index in [1.54, 1.807) is 18.8 Å². The number of imidazole rings is 1. The predicted octanol–water partition coefficient (Wildman–Crippen LogP) is 2.77. The van der Waals surface area contributed by atoms with Gasteiger partial charge in [0.2, 0.25) is 5.91 Å². The van der Waals surface area contributed by atoms with Crippen LogP contribution in [0.15, 0.2) is 41.5 Å². The molecule has 0 spiro atoms. The number of piperidine rings is 1. The van der Waals surface area contributed by atoms with Crippen molar-refractivity contribution >= 4 is 5.91 Å². The van der Waals surface area contributed by atoms with Crippen LogP contribution in [0.5, 0.6) is 0 Å². The van der Waals surface area contributed by atoms with E-state index in [0.717, 1.165) is 18.8 Å². The lowest BCUT2D eigenvalue weighted by Crippen LogP contribution is -2.40. The Kier molecular flexibility index (Phi) is 5.69. The minimum Gasteiger partial charge on any atom is -0.468 e. The van der Waals surface area contributed by atoms with Crippen LogP contribution >= 0.6 is 0 Å². The molecular weight excluding hydrogens is 304 g/mol. The fourth-order valence-corrected chi connectivity index (χ4v) is 3.31. The number of amides is 1. The van der Waals surface area contributed by atoms with Crippen LogP contribution in [0.4, 0.5) is 0 Å². The van der Waals surface area contributed by atoms with Crippen molar-refractivity contribution in [1.29, 1.82) is 0 Å². The smallest absolute Gasteiger partial charge is 0.222 e. The maximum absolute atomic E-state index is 12.3. The van der Waals surface area contributed by atoms with Gasteiger partial charge in [0.15, 0.2) is 0 Å². The first-order chi connectivity index (χ1) is 11.7. The Morgan fingerprint density at radius 2 is 2.21 bits per heavy atom. The third kappa shape index (κ3) is 4.26. The van der Waals surface area contributed by atoms with Gasteiger partial charge in [-0.2, -0.15) is 0 Å². The highest BCUT2D eigenvalue weighted by molar-refractivity contribution is 5.76. The minimum atomic E-state index is 0.0600. The van der Waals surface area contributed by atoms with Crippen molar-refractivity contribution in [3.63, 3.8) is 0 Å². The molecule has 2 atom stereocenters. The third-order valence-corrected chi connectivity index (χ3v) is 4.71. The molecule has 6 heteroatoms. The van der Waals surface area contributed by atoms with Crippen LogP contribution in [-0.2, 0) is 4.79 Å². The predicted molar refractivity (Wildman–Crippen MR) is 91.4 cm³/mol. The Balaban J connectivity index is 1.55. The van der Waals surface area contributed by atoms with Crippen LogP contribution in [0.1, 0.15) is 50.5 Å². The molecule has 6 nitrogen and oxygen atoms in total. The maximum Gasteiger partial charge on any atom is 0.222 e. The molecule has 3 rings (SSSR count). The van der Waals surface area contributed by atoms with E-state index in [1.165, 1.54) is 19.3 Å². The molecule has 1 saturated heterocycles. The van der Waals surface area contributed by atoms with E-state index in [1.807, 2.05) is 29.8 Å². The molecule has 1 amide bonds. The Morgan fingerprint density at radius 3 is 2.88 bits per heavy atom. The van der Waals surface area contributed by atoms with Gasteiger partial charge >= 0.3 is 0 Å². The average Bonchev–Trinajstić information content (AvgIpc) is 3.30. The number of hydrogen-bond donors (Lipinski definition) is 1. The highest BCUT2D eigenvalue weighted by Gasteiger charge is 2.25. The lowest BCUT2D eigenvalue weighted by molar-refractivity contribution is -0.122. The number of likely N-dealkylation sites (tertiary alicyclic amines) is 1. The molecule has 130 valence electrons.